The van der Waals surface area contributed by atoms with Gasteiger partial charge in [0.15, 0.2) is 11.5 Å². The summed E-state index contributed by atoms with van der Waals surface area (Å²) < 4.78 is 15.9. The number of rotatable bonds is 5. The van der Waals surface area contributed by atoms with E-state index in [2.05, 4.69) is 15.4 Å². The maximum Gasteiger partial charge on any atom is 0.273 e. The molecule has 0 aliphatic carbocycles. The average Bonchev–Trinajstić information content (AvgIpc) is 3.15. The van der Waals surface area contributed by atoms with Gasteiger partial charge in [0.2, 0.25) is 0 Å². The van der Waals surface area contributed by atoms with Gasteiger partial charge in [0.1, 0.15) is 11.5 Å². The lowest BCUT2D eigenvalue weighted by Crippen LogP contribution is -2.35. The van der Waals surface area contributed by atoms with Crippen molar-refractivity contribution in [3.63, 3.8) is 0 Å². The number of morpholine rings is 1. The van der Waals surface area contributed by atoms with Gasteiger partial charge in [-0.05, 0) is 19.1 Å². The van der Waals surface area contributed by atoms with Gasteiger partial charge in [-0.25, -0.2) is 0 Å². The van der Waals surface area contributed by atoms with Crippen molar-refractivity contribution in [3.05, 3.63) is 41.2 Å². The van der Waals surface area contributed by atoms with Gasteiger partial charge in [-0.2, -0.15) is 0 Å². The smallest absolute Gasteiger partial charge is 0.273 e. The molecule has 0 radical (unpaired) electrons. The molecule has 0 spiro atoms. The summed E-state index contributed by atoms with van der Waals surface area (Å²) >= 11 is 0. The Hall–Kier alpha value is -2.12. The van der Waals surface area contributed by atoms with Gasteiger partial charge in [-0.3, -0.25) is 9.69 Å². The Morgan fingerprint density at radius 2 is 2.14 bits per heavy atom. The average molecular weight is 305 g/mol. The molecule has 7 heteroatoms. The van der Waals surface area contributed by atoms with E-state index in [4.69, 9.17) is 13.7 Å². The minimum atomic E-state index is -0.272. The number of ether oxygens (including phenoxy) is 1. The number of carbonyl (C=O) groups excluding carboxylic acids is 1. The summed E-state index contributed by atoms with van der Waals surface area (Å²) in [7, 11) is 0. The molecule has 2 aromatic rings. The van der Waals surface area contributed by atoms with Crippen LogP contribution in [0.15, 0.2) is 27.1 Å². The van der Waals surface area contributed by atoms with E-state index < -0.39 is 0 Å². The Bertz CT molecular complexity index is 628. The van der Waals surface area contributed by atoms with Crippen LogP contribution < -0.4 is 5.32 Å². The third-order valence-electron chi connectivity index (χ3n) is 3.49. The lowest BCUT2D eigenvalue weighted by molar-refractivity contribution is 0.0305. The van der Waals surface area contributed by atoms with Gasteiger partial charge in [0, 0.05) is 19.2 Å². The number of furan rings is 1. The highest BCUT2D eigenvalue weighted by molar-refractivity contribution is 5.92. The molecule has 2 aromatic heterocycles. The summed E-state index contributed by atoms with van der Waals surface area (Å²) in [6.07, 6.45) is 0. The molecule has 22 heavy (non-hydrogen) atoms. The molecular weight excluding hydrogens is 286 g/mol. The van der Waals surface area contributed by atoms with Crippen LogP contribution in [0.3, 0.4) is 0 Å². The minimum Gasteiger partial charge on any atom is -0.465 e. The molecule has 1 amide bonds. The van der Waals surface area contributed by atoms with Gasteiger partial charge in [-0.1, -0.05) is 5.16 Å². The number of aryl methyl sites for hydroxylation is 1. The molecule has 0 bridgehead atoms. The lowest BCUT2D eigenvalue weighted by Gasteiger charge is -2.25. The largest absolute Gasteiger partial charge is 0.465 e. The number of hydrogen-bond acceptors (Lipinski definition) is 6. The molecule has 1 aliphatic heterocycles. The van der Waals surface area contributed by atoms with Gasteiger partial charge in [-0.15, -0.1) is 0 Å². The van der Waals surface area contributed by atoms with Crippen molar-refractivity contribution in [1.29, 1.82) is 0 Å². The van der Waals surface area contributed by atoms with E-state index in [0.29, 0.717) is 24.6 Å². The quantitative estimate of drug-likeness (QED) is 0.898. The second kappa shape index (κ2) is 6.76. The normalized spacial score (nSPS) is 15.9. The molecule has 118 valence electrons. The number of aromatic nitrogens is 1. The first-order chi connectivity index (χ1) is 10.7. The molecule has 0 unspecified atom stereocenters. The van der Waals surface area contributed by atoms with E-state index in [9.17, 15) is 4.79 Å². The predicted octanol–water partition coefficient (Wildman–Crippen LogP) is 1.34. The summed E-state index contributed by atoms with van der Waals surface area (Å²) in [5, 5.41) is 6.58. The molecule has 0 aromatic carbocycles. The molecule has 3 rings (SSSR count). The maximum absolute atomic E-state index is 12.0. The van der Waals surface area contributed by atoms with E-state index >= 15 is 0 Å². The lowest BCUT2D eigenvalue weighted by atomic mass is 10.3. The van der Waals surface area contributed by atoms with Crippen LogP contribution in [0.4, 0.5) is 0 Å². The maximum atomic E-state index is 12.0. The number of hydrogen-bond donors (Lipinski definition) is 1. The van der Waals surface area contributed by atoms with Crippen LogP contribution in [0, 0.1) is 6.92 Å². The number of nitrogens with one attached hydrogen (secondary N) is 1. The number of nitrogens with zero attached hydrogens (tertiary/aromatic N) is 2. The second-order valence-corrected chi connectivity index (χ2v) is 5.26. The van der Waals surface area contributed by atoms with E-state index in [1.807, 2.05) is 19.1 Å². The molecule has 1 saturated heterocycles. The summed E-state index contributed by atoms with van der Waals surface area (Å²) in [5.74, 6) is 1.94. The van der Waals surface area contributed by atoms with Crippen molar-refractivity contribution in [1.82, 2.24) is 15.4 Å². The predicted molar refractivity (Wildman–Crippen MR) is 77.2 cm³/mol. The summed E-state index contributed by atoms with van der Waals surface area (Å²) in [5.41, 5.74) is 0.284. The van der Waals surface area contributed by atoms with Crippen LogP contribution in [0.1, 0.15) is 27.8 Å². The van der Waals surface area contributed by atoms with Gasteiger partial charge in [0.25, 0.3) is 5.91 Å². The summed E-state index contributed by atoms with van der Waals surface area (Å²) in [6.45, 7) is 6.01. The van der Waals surface area contributed by atoms with Crippen molar-refractivity contribution in [2.45, 2.75) is 20.0 Å². The van der Waals surface area contributed by atoms with Crippen LogP contribution in [-0.4, -0.2) is 42.3 Å². The third-order valence-corrected chi connectivity index (χ3v) is 3.49. The molecule has 1 N–H and O–H groups in total. The van der Waals surface area contributed by atoms with Crippen molar-refractivity contribution >= 4 is 5.91 Å². The van der Waals surface area contributed by atoms with Crippen molar-refractivity contribution in [2.75, 3.05) is 26.3 Å². The minimum absolute atomic E-state index is 0.272. The zero-order chi connectivity index (χ0) is 15.4. The fourth-order valence-electron chi connectivity index (χ4n) is 2.31. The third kappa shape index (κ3) is 3.75. The highest BCUT2D eigenvalue weighted by Gasteiger charge is 2.16. The van der Waals surface area contributed by atoms with E-state index in [0.717, 1.165) is 32.1 Å². The molecule has 1 fully saturated rings. The van der Waals surface area contributed by atoms with Crippen molar-refractivity contribution < 1.29 is 18.5 Å². The number of amides is 1. The highest BCUT2D eigenvalue weighted by Crippen LogP contribution is 2.10. The van der Waals surface area contributed by atoms with Crippen LogP contribution in [0.2, 0.25) is 0 Å². The monoisotopic (exact) mass is 305 g/mol. The molecule has 7 nitrogen and oxygen atoms in total. The van der Waals surface area contributed by atoms with E-state index in [1.165, 1.54) is 0 Å². The fourth-order valence-corrected chi connectivity index (χ4v) is 2.31. The zero-order valence-electron chi connectivity index (χ0n) is 12.5. The van der Waals surface area contributed by atoms with Crippen LogP contribution in [0.25, 0.3) is 0 Å². The fraction of sp³-hybridized carbons (Fsp3) is 0.467. The Morgan fingerprint density at radius 3 is 2.86 bits per heavy atom. The Morgan fingerprint density at radius 1 is 1.32 bits per heavy atom. The molecule has 3 heterocycles. The standard InChI is InChI=1S/C15H19N3O4/c1-11-2-3-12(21-11)9-16-15(19)14-8-13(22-17-14)10-18-4-6-20-7-5-18/h2-3,8H,4-7,9-10H2,1H3,(H,16,19). The first-order valence-corrected chi connectivity index (χ1v) is 7.30. The first-order valence-electron chi connectivity index (χ1n) is 7.30. The van der Waals surface area contributed by atoms with Crippen molar-refractivity contribution in [2.24, 2.45) is 0 Å². The number of carbonyl (C=O) groups is 1. The Labute approximate surface area is 128 Å². The topological polar surface area (TPSA) is 80.7 Å². The van der Waals surface area contributed by atoms with Gasteiger partial charge < -0.3 is 19.0 Å². The summed E-state index contributed by atoms with van der Waals surface area (Å²) in [4.78, 5) is 14.2. The van der Waals surface area contributed by atoms with Crippen LogP contribution >= 0.6 is 0 Å². The van der Waals surface area contributed by atoms with E-state index in [-0.39, 0.29) is 11.6 Å². The van der Waals surface area contributed by atoms with Gasteiger partial charge >= 0.3 is 0 Å². The summed E-state index contributed by atoms with van der Waals surface area (Å²) in [6, 6.07) is 5.37. The Balaban J connectivity index is 1.52. The highest BCUT2D eigenvalue weighted by atomic mass is 16.5. The van der Waals surface area contributed by atoms with Crippen LogP contribution in [-0.2, 0) is 17.8 Å². The van der Waals surface area contributed by atoms with Crippen LogP contribution in [0.5, 0.6) is 0 Å². The molecule has 1 aliphatic rings. The van der Waals surface area contributed by atoms with E-state index in [1.54, 1.807) is 6.07 Å². The Kier molecular flexibility index (Phi) is 4.55. The first kappa shape index (κ1) is 14.8. The second-order valence-electron chi connectivity index (χ2n) is 5.26. The van der Waals surface area contributed by atoms with Gasteiger partial charge in [0.05, 0.1) is 26.3 Å². The van der Waals surface area contributed by atoms with Crippen molar-refractivity contribution in [3.8, 4) is 0 Å². The molecule has 0 saturated carbocycles. The molecular formula is C15H19N3O4. The SMILES string of the molecule is Cc1ccc(CNC(=O)c2cc(CN3CCOCC3)on2)o1. The zero-order valence-corrected chi connectivity index (χ0v) is 12.5. The molecule has 0 atom stereocenters.